The Hall–Kier alpha value is -0.160. The predicted octanol–water partition coefficient (Wildman–Crippen LogP) is 0.603. The molecule has 0 atom stereocenters. The minimum atomic E-state index is 0.979. The molecule has 0 radical (unpaired) electrons. The summed E-state index contributed by atoms with van der Waals surface area (Å²) >= 11 is 0. The summed E-state index contributed by atoms with van der Waals surface area (Å²) in [5, 5.41) is 6.90. The summed E-state index contributed by atoms with van der Waals surface area (Å²) < 4.78 is 0. The number of rotatable bonds is 4. The van der Waals surface area contributed by atoms with E-state index < -0.39 is 0 Å². The zero-order valence-electron chi connectivity index (χ0n) is 12.9. The first-order valence-corrected chi connectivity index (χ1v) is 8.76. The first-order chi connectivity index (χ1) is 9.90. The van der Waals surface area contributed by atoms with E-state index in [1.54, 1.807) is 0 Å². The van der Waals surface area contributed by atoms with E-state index in [2.05, 4.69) is 20.4 Å². The molecule has 0 aromatic heterocycles. The second-order valence-electron chi connectivity index (χ2n) is 6.99. The fraction of sp³-hybridized carbons (Fsp3) is 1.00. The van der Waals surface area contributed by atoms with Crippen molar-refractivity contribution >= 4 is 0 Å². The Morgan fingerprint density at radius 3 is 1.30 bits per heavy atom. The predicted molar refractivity (Wildman–Crippen MR) is 84.1 cm³/mol. The van der Waals surface area contributed by atoms with Crippen molar-refractivity contribution in [2.75, 3.05) is 65.4 Å². The molecule has 4 nitrogen and oxygen atoms in total. The van der Waals surface area contributed by atoms with Crippen LogP contribution in [-0.4, -0.2) is 75.2 Å². The fourth-order valence-corrected chi connectivity index (χ4v) is 4.11. The average molecular weight is 280 g/mol. The second kappa shape index (κ2) is 7.74. The van der Waals surface area contributed by atoms with Gasteiger partial charge in [0.1, 0.15) is 0 Å². The lowest BCUT2D eigenvalue weighted by Crippen LogP contribution is -2.47. The molecule has 0 amide bonds. The van der Waals surface area contributed by atoms with Crippen LogP contribution < -0.4 is 10.6 Å². The topological polar surface area (TPSA) is 30.5 Å². The number of hydrogen-bond acceptors (Lipinski definition) is 4. The molecule has 1 aliphatic carbocycles. The van der Waals surface area contributed by atoms with Crippen molar-refractivity contribution in [1.82, 2.24) is 20.4 Å². The summed E-state index contributed by atoms with van der Waals surface area (Å²) in [4.78, 5) is 5.36. The van der Waals surface area contributed by atoms with Crippen molar-refractivity contribution in [2.24, 2.45) is 11.8 Å². The summed E-state index contributed by atoms with van der Waals surface area (Å²) in [7, 11) is 0. The van der Waals surface area contributed by atoms with Crippen LogP contribution >= 0.6 is 0 Å². The highest BCUT2D eigenvalue weighted by molar-refractivity contribution is 4.80. The molecule has 0 bridgehead atoms. The van der Waals surface area contributed by atoms with Gasteiger partial charge in [0.15, 0.2) is 0 Å². The monoisotopic (exact) mass is 280 g/mol. The summed E-state index contributed by atoms with van der Waals surface area (Å²) in [5.74, 6) is 1.96. The standard InChI is InChI=1S/C16H32N4/c1-2-16(14-20-11-7-18-8-12-20)4-3-15(1)13-19-9-5-17-6-10-19/h15-18H,1-14H2. The molecule has 0 unspecified atom stereocenters. The molecule has 0 aromatic rings. The van der Waals surface area contributed by atoms with Gasteiger partial charge in [0.2, 0.25) is 0 Å². The van der Waals surface area contributed by atoms with Gasteiger partial charge in [-0.05, 0) is 37.5 Å². The van der Waals surface area contributed by atoms with Crippen LogP contribution in [0.3, 0.4) is 0 Å². The highest BCUT2D eigenvalue weighted by atomic mass is 15.2. The maximum Gasteiger partial charge on any atom is 0.0107 e. The third kappa shape index (κ3) is 4.42. The van der Waals surface area contributed by atoms with Gasteiger partial charge in [0, 0.05) is 65.4 Å². The molecule has 0 aromatic carbocycles. The SMILES string of the molecule is C1CN(CC2CCC(CN3CCNCC3)CC2)CCN1. The van der Waals surface area contributed by atoms with E-state index in [1.165, 1.54) is 91.1 Å². The first-order valence-electron chi connectivity index (χ1n) is 8.76. The molecule has 2 N–H and O–H groups in total. The normalized spacial score (nSPS) is 34.2. The van der Waals surface area contributed by atoms with Crippen LogP contribution in [0.15, 0.2) is 0 Å². The van der Waals surface area contributed by atoms with E-state index in [1.807, 2.05) is 0 Å². The summed E-state index contributed by atoms with van der Waals surface area (Å²) in [6.07, 6.45) is 5.89. The highest BCUT2D eigenvalue weighted by Gasteiger charge is 2.25. The van der Waals surface area contributed by atoms with Gasteiger partial charge in [-0.25, -0.2) is 0 Å². The van der Waals surface area contributed by atoms with Gasteiger partial charge in [0.05, 0.1) is 0 Å². The smallest absolute Gasteiger partial charge is 0.0107 e. The Morgan fingerprint density at radius 2 is 0.950 bits per heavy atom. The van der Waals surface area contributed by atoms with Gasteiger partial charge in [-0.1, -0.05) is 0 Å². The molecule has 20 heavy (non-hydrogen) atoms. The number of nitrogens with zero attached hydrogens (tertiary/aromatic N) is 2. The molecule has 2 heterocycles. The quantitative estimate of drug-likeness (QED) is 0.790. The Bertz CT molecular complexity index is 236. The number of hydrogen-bond donors (Lipinski definition) is 2. The van der Waals surface area contributed by atoms with Gasteiger partial charge in [0.25, 0.3) is 0 Å². The van der Waals surface area contributed by atoms with Crippen molar-refractivity contribution in [1.29, 1.82) is 0 Å². The van der Waals surface area contributed by atoms with Crippen molar-refractivity contribution in [3.8, 4) is 0 Å². The maximum atomic E-state index is 3.45. The summed E-state index contributed by atoms with van der Waals surface area (Å²) in [6, 6.07) is 0. The van der Waals surface area contributed by atoms with E-state index in [0.717, 1.165) is 11.8 Å². The zero-order chi connectivity index (χ0) is 13.6. The van der Waals surface area contributed by atoms with Crippen LogP contribution in [0.25, 0.3) is 0 Å². The Balaban J connectivity index is 1.33. The lowest BCUT2D eigenvalue weighted by Gasteiger charge is -2.37. The van der Waals surface area contributed by atoms with Crippen LogP contribution in [0.4, 0.5) is 0 Å². The minimum Gasteiger partial charge on any atom is -0.314 e. The Kier molecular flexibility index (Phi) is 5.71. The highest BCUT2D eigenvalue weighted by Crippen LogP contribution is 2.30. The first kappa shape index (κ1) is 14.8. The van der Waals surface area contributed by atoms with Crippen LogP contribution in [0.1, 0.15) is 25.7 Å². The largest absolute Gasteiger partial charge is 0.314 e. The van der Waals surface area contributed by atoms with Gasteiger partial charge in [-0.15, -0.1) is 0 Å². The zero-order valence-corrected chi connectivity index (χ0v) is 12.9. The minimum absolute atomic E-state index is 0.979. The fourth-order valence-electron chi connectivity index (χ4n) is 4.11. The molecule has 2 saturated heterocycles. The Labute approximate surface area is 124 Å². The van der Waals surface area contributed by atoms with E-state index in [9.17, 15) is 0 Å². The summed E-state index contributed by atoms with van der Waals surface area (Å²) in [5.41, 5.74) is 0. The van der Waals surface area contributed by atoms with Gasteiger partial charge in [-0.2, -0.15) is 0 Å². The van der Waals surface area contributed by atoms with E-state index in [0.29, 0.717) is 0 Å². The molecule has 3 rings (SSSR count). The van der Waals surface area contributed by atoms with E-state index >= 15 is 0 Å². The molecule has 3 aliphatic rings. The molecule has 1 saturated carbocycles. The number of nitrogens with one attached hydrogen (secondary N) is 2. The van der Waals surface area contributed by atoms with E-state index in [-0.39, 0.29) is 0 Å². The molecule has 116 valence electrons. The van der Waals surface area contributed by atoms with Crippen molar-refractivity contribution in [3.63, 3.8) is 0 Å². The molecule has 3 fully saturated rings. The summed E-state index contributed by atoms with van der Waals surface area (Å²) in [6.45, 7) is 12.6. The third-order valence-electron chi connectivity index (χ3n) is 5.42. The van der Waals surface area contributed by atoms with Crippen molar-refractivity contribution < 1.29 is 0 Å². The Morgan fingerprint density at radius 1 is 0.600 bits per heavy atom. The van der Waals surface area contributed by atoms with Crippen LogP contribution in [0, 0.1) is 11.8 Å². The van der Waals surface area contributed by atoms with Gasteiger partial charge < -0.3 is 20.4 Å². The molecular formula is C16H32N4. The van der Waals surface area contributed by atoms with Crippen LogP contribution in [-0.2, 0) is 0 Å². The second-order valence-corrected chi connectivity index (χ2v) is 6.99. The lowest BCUT2D eigenvalue weighted by molar-refractivity contribution is 0.137. The maximum absolute atomic E-state index is 3.45. The molecular weight excluding hydrogens is 248 g/mol. The average Bonchev–Trinajstić information content (AvgIpc) is 2.51. The van der Waals surface area contributed by atoms with Gasteiger partial charge in [-0.3, -0.25) is 0 Å². The van der Waals surface area contributed by atoms with Gasteiger partial charge >= 0.3 is 0 Å². The number of piperazine rings is 2. The van der Waals surface area contributed by atoms with Crippen LogP contribution in [0.5, 0.6) is 0 Å². The van der Waals surface area contributed by atoms with Crippen molar-refractivity contribution in [3.05, 3.63) is 0 Å². The molecule has 2 aliphatic heterocycles. The lowest BCUT2D eigenvalue weighted by atomic mass is 9.81. The molecule has 0 spiro atoms. The van der Waals surface area contributed by atoms with Crippen molar-refractivity contribution in [2.45, 2.75) is 25.7 Å². The third-order valence-corrected chi connectivity index (χ3v) is 5.42. The molecule has 4 heteroatoms. The van der Waals surface area contributed by atoms with Crippen LogP contribution in [0.2, 0.25) is 0 Å². The van der Waals surface area contributed by atoms with E-state index in [4.69, 9.17) is 0 Å².